The topological polar surface area (TPSA) is 101 Å². The van der Waals surface area contributed by atoms with Crippen molar-refractivity contribution in [3.05, 3.63) is 53.9 Å². The van der Waals surface area contributed by atoms with Gasteiger partial charge in [-0.05, 0) is 36.8 Å². The Hall–Kier alpha value is -3.69. The zero-order valence-corrected chi connectivity index (χ0v) is 15.7. The molecule has 0 spiro atoms. The summed E-state index contributed by atoms with van der Waals surface area (Å²) in [6, 6.07) is 11.1. The van der Waals surface area contributed by atoms with E-state index in [0.717, 1.165) is 5.56 Å². The van der Waals surface area contributed by atoms with Crippen molar-refractivity contribution in [1.82, 2.24) is 20.5 Å². The van der Waals surface area contributed by atoms with Crippen LogP contribution in [0, 0.1) is 6.92 Å². The molecule has 0 unspecified atom stereocenters. The van der Waals surface area contributed by atoms with Gasteiger partial charge in [0.1, 0.15) is 5.82 Å². The highest BCUT2D eigenvalue weighted by atomic mass is 19.3. The second-order valence-corrected chi connectivity index (χ2v) is 6.00. The number of nitrogens with zero attached hydrogens (tertiary/aromatic N) is 2. The second kappa shape index (κ2) is 9.00. The molecule has 3 N–H and O–H groups in total. The molecule has 10 heteroatoms. The number of rotatable bonds is 7. The number of nitrogens with one attached hydrogen (secondary N) is 3. The monoisotopic (exact) mass is 403 g/mol. The number of urea groups is 1. The predicted octanol–water partition coefficient (Wildman–Crippen LogP) is 3.71. The third-order valence-electron chi connectivity index (χ3n) is 3.87. The van der Waals surface area contributed by atoms with Crippen molar-refractivity contribution in [2.75, 3.05) is 12.4 Å². The zero-order chi connectivity index (χ0) is 20.8. The van der Waals surface area contributed by atoms with Gasteiger partial charge >= 0.3 is 12.6 Å². The van der Waals surface area contributed by atoms with Crippen LogP contribution in [-0.4, -0.2) is 34.9 Å². The van der Waals surface area contributed by atoms with Gasteiger partial charge in [0.15, 0.2) is 17.3 Å². The van der Waals surface area contributed by atoms with Crippen LogP contribution in [-0.2, 0) is 6.54 Å². The molecule has 0 fully saturated rings. The molecule has 2 amide bonds. The van der Waals surface area contributed by atoms with Crippen LogP contribution in [0.5, 0.6) is 11.5 Å². The minimum Gasteiger partial charge on any atom is -0.493 e. The van der Waals surface area contributed by atoms with E-state index in [2.05, 4.69) is 30.6 Å². The van der Waals surface area contributed by atoms with Crippen molar-refractivity contribution in [2.24, 2.45) is 0 Å². The van der Waals surface area contributed by atoms with E-state index in [-0.39, 0.29) is 18.0 Å². The van der Waals surface area contributed by atoms with Gasteiger partial charge in [-0.1, -0.05) is 18.2 Å². The van der Waals surface area contributed by atoms with Crippen molar-refractivity contribution in [1.29, 1.82) is 0 Å². The van der Waals surface area contributed by atoms with Crippen molar-refractivity contribution in [3.63, 3.8) is 0 Å². The summed E-state index contributed by atoms with van der Waals surface area (Å²) in [5.41, 5.74) is 1.87. The Labute approximate surface area is 165 Å². The lowest BCUT2D eigenvalue weighted by Crippen LogP contribution is -2.28. The third kappa shape index (κ3) is 5.41. The van der Waals surface area contributed by atoms with E-state index >= 15 is 0 Å². The second-order valence-electron chi connectivity index (χ2n) is 6.00. The number of carbonyl (C=O) groups is 1. The number of aromatic nitrogens is 3. The highest BCUT2D eigenvalue weighted by Gasteiger charge is 2.12. The molecule has 0 aliphatic rings. The SMILES string of the molecule is COc1ccc(CNC(=O)Nc2cccc(-c3n[nH]c(C)n3)c2)cc1OC(F)F. The molecule has 152 valence electrons. The lowest BCUT2D eigenvalue weighted by molar-refractivity contribution is -0.0512. The van der Waals surface area contributed by atoms with Crippen LogP contribution in [0.15, 0.2) is 42.5 Å². The quantitative estimate of drug-likeness (QED) is 0.558. The summed E-state index contributed by atoms with van der Waals surface area (Å²) >= 11 is 0. The Kier molecular flexibility index (Phi) is 6.22. The molecule has 0 bridgehead atoms. The minimum atomic E-state index is -2.98. The molecule has 29 heavy (non-hydrogen) atoms. The van der Waals surface area contributed by atoms with E-state index < -0.39 is 12.6 Å². The number of H-pyrrole nitrogens is 1. The maximum absolute atomic E-state index is 12.5. The largest absolute Gasteiger partial charge is 0.493 e. The number of anilines is 1. The number of amides is 2. The van der Waals surface area contributed by atoms with Crippen LogP contribution in [0.3, 0.4) is 0 Å². The van der Waals surface area contributed by atoms with Crippen molar-refractivity contribution in [2.45, 2.75) is 20.1 Å². The molecule has 0 aliphatic carbocycles. The zero-order valence-electron chi connectivity index (χ0n) is 15.7. The van der Waals surface area contributed by atoms with E-state index in [9.17, 15) is 13.6 Å². The normalized spacial score (nSPS) is 10.7. The standard InChI is InChI=1S/C19H19F2N5O3/c1-11-23-17(26-25-11)13-4-3-5-14(9-13)24-19(27)22-10-12-6-7-15(28-2)16(8-12)29-18(20)21/h3-9,18H,10H2,1-2H3,(H2,22,24,27)(H,23,25,26). The minimum absolute atomic E-state index is 0.100. The third-order valence-corrected chi connectivity index (χ3v) is 3.87. The fourth-order valence-corrected chi connectivity index (χ4v) is 2.58. The average Bonchev–Trinajstić information content (AvgIpc) is 3.13. The van der Waals surface area contributed by atoms with Gasteiger partial charge in [-0.2, -0.15) is 13.9 Å². The number of hydrogen-bond acceptors (Lipinski definition) is 5. The van der Waals surface area contributed by atoms with Gasteiger partial charge < -0.3 is 20.1 Å². The van der Waals surface area contributed by atoms with Gasteiger partial charge in [-0.15, -0.1) is 0 Å². The van der Waals surface area contributed by atoms with E-state index in [0.29, 0.717) is 22.9 Å². The van der Waals surface area contributed by atoms with Crippen LogP contribution in [0.2, 0.25) is 0 Å². The summed E-state index contributed by atoms with van der Waals surface area (Å²) in [4.78, 5) is 16.4. The Morgan fingerprint density at radius 2 is 2.03 bits per heavy atom. The lowest BCUT2D eigenvalue weighted by atomic mass is 10.2. The molecule has 3 rings (SSSR count). The first-order valence-corrected chi connectivity index (χ1v) is 8.60. The Morgan fingerprint density at radius 1 is 1.21 bits per heavy atom. The number of benzene rings is 2. The fourth-order valence-electron chi connectivity index (χ4n) is 2.58. The smallest absolute Gasteiger partial charge is 0.387 e. The van der Waals surface area contributed by atoms with Crippen LogP contribution in [0.4, 0.5) is 19.3 Å². The van der Waals surface area contributed by atoms with E-state index in [4.69, 9.17) is 4.74 Å². The maximum atomic E-state index is 12.5. The van der Waals surface area contributed by atoms with Gasteiger partial charge in [0.2, 0.25) is 0 Å². The number of aryl methyl sites for hydroxylation is 1. The number of ether oxygens (including phenoxy) is 2. The molecular formula is C19H19F2N5O3. The highest BCUT2D eigenvalue weighted by Crippen LogP contribution is 2.29. The predicted molar refractivity (Wildman–Crippen MR) is 102 cm³/mol. The molecular weight excluding hydrogens is 384 g/mol. The van der Waals surface area contributed by atoms with E-state index in [1.807, 2.05) is 6.07 Å². The van der Waals surface area contributed by atoms with E-state index in [1.54, 1.807) is 31.2 Å². The summed E-state index contributed by atoms with van der Waals surface area (Å²) < 4.78 is 34.4. The Morgan fingerprint density at radius 3 is 2.72 bits per heavy atom. The molecule has 1 aromatic heterocycles. The molecule has 3 aromatic rings. The number of aromatic amines is 1. The first-order valence-electron chi connectivity index (χ1n) is 8.60. The first kappa shape index (κ1) is 20.1. The summed E-state index contributed by atoms with van der Waals surface area (Å²) in [6.45, 7) is -1.08. The molecule has 0 aliphatic heterocycles. The molecule has 0 radical (unpaired) electrons. The van der Waals surface area contributed by atoms with Crippen molar-refractivity contribution in [3.8, 4) is 22.9 Å². The number of alkyl halides is 2. The highest BCUT2D eigenvalue weighted by molar-refractivity contribution is 5.89. The van der Waals surface area contributed by atoms with Gasteiger partial charge in [0, 0.05) is 17.8 Å². The molecule has 8 nitrogen and oxygen atoms in total. The molecule has 0 saturated heterocycles. The van der Waals surface area contributed by atoms with Gasteiger partial charge in [0.05, 0.1) is 7.11 Å². The first-order chi connectivity index (χ1) is 13.9. The van der Waals surface area contributed by atoms with Crippen molar-refractivity contribution >= 4 is 11.7 Å². The van der Waals surface area contributed by atoms with Gasteiger partial charge in [-0.25, -0.2) is 9.78 Å². The summed E-state index contributed by atoms with van der Waals surface area (Å²) in [5.74, 6) is 1.29. The fraction of sp³-hybridized carbons (Fsp3) is 0.211. The van der Waals surface area contributed by atoms with Crippen LogP contribution in [0.1, 0.15) is 11.4 Å². The van der Waals surface area contributed by atoms with E-state index in [1.165, 1.54) is 19.2 Å². The molecule has 2 aromatic carbocycles. The number of halogens is 2. The van der Waals surface area contributed by atoms with Crippen LogP contribution in [0.25, 0.3) is 11.4 Å². The van der Waals surface area contributed by atoms with Crippen LogP contribution < -0.4 is 20.1 Å². The summed E-state index contributed by atoms with van der Waals surface area (Å²) in [6.07, 6.45) is 0. The van der Waals surface area contributed by atoms with Gasteiger partial charge in [-0.3, -0.25) is 5.10 Å². The maximum Gasteiger partial charge on any atom is 0.387 e. The molecule has 1 heterocycles. The molecule has 0 saturated carbocycles. The number of carbonyl (C=O) groups excluding carboxylic acids is 1. The average molecular weight is 403 g/mol. The summed E-state index contributed by atoms with van der Waals surface area (Å²) in [5, 5.41) is 12.2. The molecule has 0 atom stereocenters. The number of methoxy groups -OCH3 is 1. The number of hydrogen-bond donors (Lipinski definition) is 3. The lowest BCUT2D eigenvalue weighted by Gasteiger charge is -2.12. The van der Waals surface area contributed by atoms with Gasteiger partial charge in [0.25, 0.3) is 0 Å². The summed E-state index contributed by atoms with van der Waals surface area (Å²) in [7, 11) is 1.35. The Bertz CT molecular complexity index is 993. The van der Waals surface area contributed by atoms with Crippen LogP contribution >= 0.6 is 0 Å². The van der Waals surface area contributed by atoms with Crippen molar-refractivity contribution < 1.29 is 23.0 Å². The Balaban J connectivity index is 1.62.